The van der Waals surface area contributed by atoms with Gasteiger partial charge in [-0.3, -0.25) is 0 Å². The van der Waals surface area contributed by atoms with Gasteiger partial charge in [-0.1, -0.05) is 5.16 Å². The van der Waals surface area contributed by atoms with Crippen LogP contribution in [0.25, 0.3) is 11.6 Å². The Morgan fingerprint density at radius 1 is 1.37 bits per heavy atom. The molecule has 0 unspecified atom stereocenters. The van der Waals surface area contributed by atoms with Crippen LogP contribution >= 0.6 is 0 Å². The van der Waals surface area contributed by atoms with E-state index in [4.69, 9.17) is 4.52 Å². The predicted molar refractivity (Wildman–Crippen MR) is 54.9 cm³/mol. The van der Waals surface area contributed by atoms with E-state index in [1.54, 1.807) is 0 Å². The molecule has 0 radical (unpaired) electrons. The predicted octanol–water partition coefficient (Wildman–Crippen LogP) is 1.92. The van der Waals surface area contributed by atoms with Gasteiger partial charge in [-0.05, 0) is 12.1 Å². The second kappa shape index (κ2) is 5.22. The van der Waals surface area contributed by atoms with E-state index in [9.17, 15) is 18.3 Å². The fraction of sp³-hybridized carbons (Fsp3) is 0.300. The SMILES string of the molecule is Oc1cccnc1-c1nc(COCC(F)(F)F)no1. The van der Waals surface area contributed by atoms with E-state index in [0.717, 1.165) is 0 Å². The molecular weight excluding hydrogens is 267 g/mol. The van der Waals surface area contributed by atoms with E-state index < -0.39 is 19.4 Å². The molecule has 0 fully saturated rings. The summed E-state index contributed by atoms with van der Waals surface area (Å²) in [5.41, 5.74) is 0.0528. The maximum absolute atomic E-state index is 11.8. The molecule has 0 amide bonds. The summed E-state index contributed by atoms with van der Waals surface area (Å²) in [6, 6.07) is 2.87. The van der Waals surface area contributed by atoms with Crippen LogP contribution in [0.3, 0.4) is 0 Å². The van der Waals surface area contributed by atoms with E-state index in [0.29, 0.717) is 0 Å². The average Bonchev–Trinajstić information content (AvgIpc) is 2.76. The van der Waals surface area contributed by atoms with E-state index in [2.05, 4.69) is 19.9 Å². The minimum absolute atomic E-state index is 0.0528. The van der Waals surface area contributed by atoms with Crippen LogP contribution < -0.4 is 0 Å². The van der Waals surface area contributed by atoms with Crippen LogP contribution in [0.4, 0.5) is 13.2 Å². The first-order valence-electron chi connectivity index (χ1n) is 5.07. The summed E-state index contributed by atoms with van der Waals surface area (Å²) >= 11 is 0. The van der Waals surface area contributed by atoms with Crippen LogP contribution in [-0.4, -0.2) is 33.0 Å². The molecular formula is C10H8F3N3O3. The van der Waals surface area contributed by atoms with Crippen molar-refractivity contribution in [1.29, 1.82) is 0 Å². The van der Waals surface area contributed by atoms with E-state index >= 15 is 0 Å². The summed E-state index contributed by atoms with van der Waals surface area (Å²) < 4.78 is 44.7. The Morgan fingerprint density at radius 3 is 2.84 bits per heavy atom. The Morgan fingerprint density at radius 2 is 2.16 bits per heavy atom. The molecule has 19 heavy (non-hydrogen) atoms. The summed E-state index contributed by atoms with van der Waals surface area (Å²) in [6.45, 7) is -1.84. The molecule has 0 spiro atoms. The van der Waals surface area contributed by atoms with Crippen molar-refractivity contribution >= 4 is 0 Å². The first kappa shape index (κ1) is 13.3. The van der Waals surface area contributed by atoms with Crippen molar-refractivity contribution in [1.82, 2.24) is 15.1 Å². The number of halogens is 3. The maximum Gasteiger partial charge on any atom is 0.411 e. The first-order valence-corrected chi connectivity index (χ1v) is 5.07. The minimum Gasteiger partial charge on any atom is -0.505 e. The van der Waals surface area contributed by atoms with E-state index in [-0.39, 0.29) is 23.2 Å². The topological polar surface area (TPSA) is 81.3 Å². The number of ether oxygens (including phenoxy) is 1. The van der Waals surface area contributed by atoms with Crippen molar-refractivity contribution in [2.75, 3.05) is 6.61 Å². The molecule has 2 heterocycles. The Hall–Kier alpha value is -2.16. The van der Waals surface area contributed by atoms with Crippen LogP contribution in [0.15, 0.2) is 22.9 Å². The number of pyridine rings is 1. The number of rotatable bonds is 4. The largest absolute Gasteiger partial charge is 0.505 e. The molecule has 2 aromatic heterocycles. The third kappa shape index (κ3) is 3.65. The second-order valence-electron chi connectivity index (χ2n) is 3.49. The molecule has 0 bridgehead atoms. The van der Waals surface area contributed by atoms with Crippen molar-refractivity contribution in [3.05, 3.63) is 24.2 Å². The van der Waals surface area contributed by atoms with Gasteiger partial charge in [0.2, 0.25) is 0 Å². The number of aromatic nitrogens is 3. The highest BCUT2D eigenvalue weighted by molar-refractivity contribution is 5.55. The molecule has 0 aromatic carbocycles. The summed E-state index contributed by atoms with van der Waals surface area (Å²) in [6.07, 6.45) is -3.01. The lowest BCUT2D eigenvalue weighted by atomic mass is 10.3. The molecule has 9 heteroatoms. The van der Waals surface area contributed by atoms with Gasteiger partial charge in [-0.25, -0.2) is 4.98 Å². The molecule has 0 saturated heterocycles. The third-order valence-corrected chi connectivity index (χ3v) is 1.95. The zero-order valence-electron chi connectivity index (χ0n) is 9.39. The Balaban J connectivity index is 2.02. The van der Waals surface area contributed by atoms with E-state index in [1.165, 1.54) is 18.3 Å². The Bertz CT molecular complexity index is 556. The highest BCUT2D eigenvalue weighted by atomic mass is 19.4. The van der Waals surface area contributed by atoms with Crippen molar-refractivity contribution in [2.24, 2.45) is 0 Å². The second-order valence-corrected chi connectivity index (χ2v) is 3.49. The Labute approximate surface area is 104 Å². The van der Waals surface area contributed by atoms with Crippen molar-refractivity contribution in [3.8, 4) is 17.3 Å². The van der Waals surface area contributed by atoms with Crippen molar-refractivity contribution in [2.45, 2.75) is 12.8 Å². The monoisotopic (exact) mass is 275 g/mol. The molecule has 0 aliphatic rings. The van der Waals surface area contributed by atoms with Gasteiger partial charge in [0.1, 0.15) is 19.0 Å². The van der Waals surface area contributed by atoms with E-state index in [1.807, 2.05) is 0 Å². The highest BCUT2D eigenvalue weighted by Gasteiger charge is 2.27. The fourth-order valence-corrected chi connectivity index (χ4v) is 1.23. The zero-order chi connectivity index (χ0) is 13.9. The standard InChI is InChI=1S/C10H8F3N3O3/c11-10(12,13)5-18-4-7-15-9(19-16-7)8-6(17)2-1-3-14-8/h1-3,17H,4-5H2. The first-order chi connectivity index (χ1) is 8.96. The zero-order valence-corrected chi connectivity index (χ0v) is 9.39. The number of hydrogen-bond donors (Lipinski definition) is 1. The van der Waals surface area contributed by atoms with Crippen LogP contribution in [0.5, 0.6) is 5.75 Å². The molecule has 102 valence electrons. The van der Waals surface area contributed by atoms with Crippen LogP contribution in [0.2, 0.25) is 0 Å². The molecule has 1 N–H and O–H groups in total. The quantitative estimate of drug-likeness (QED) is 0.918. The van der Waals surface area contributed by atoms with Crippen molar-refractivity contribution < 1.29 is 27.5 Å². The number of aromatic hydroxyl groups is 1. The van der Waals surface area contributed by atoms with Crippen LogP contribution in [0, 0.1) is 0 Å². The van der Waals surface area contributed by atoms with Gasteiger partial charge in [0.05, 0.1) is 0 Å². The molecule has 6 nitrogen and oxygen atoms in total. The number of hydrogen-bond acceptors (Lipinski definition) is 6. The fourth-order valence-electron chi connectivity index (χ4n) is 1.23. The average molecular weight is 275 g/mol. The summed E-state index contributed by atoms with van der Waals surface area (Å²) in [5.74, 6) is -0.332. The summed E-state index contributed by atoms with van der Waals surface area (Å²) in [4.78, 5) is 7.58. The van der Waals surface area contributed by atoms with Crippen LogP contribution in [0.1, 0.15) is 5.82 Å². The molecule has 0 atom stereocenters. The number of nitrogens with zero attached hydrogens (tertiary/aromatic N) is 3. The van der Waals surface area contributed by atoms with Gasteiger partial charge in [0.25, 0.3) is 5.89 Å². The lowest BCUT2D eigenvalue weighted by Gasteiger charge is -2.04. The van der Waals surface area contributed by atoms with Crippen LogP contribution in [-0.2, 0) is 11.3 Å². The molecule has 0 aliphatic heterocycles. The lowest BCUT2D eigenvalue weighted by Crippen LogP contribution is -2.16. The molecule has 2 rings (SSSR count). The number of alkyl halides is 3. The highest BCUT2D eigenvalue weighted by Crippen LogP contribution is 2.24. The molecule has 0 saturated carbocycles. The van der Waals surface area contributed by atoms with Crippen molar-refractivity contribution in [3.63, 3.8) is 0 Å². The normalized spacial score (nSPS) is 11.7. The van der Waals surface area contributed by atoms with Gasteiger partial charge >= 0.3 is 6.18 Å². The van der Waals surface area contributed by atoms with Gasteiger partial charge in [-0.15, -0.1) is 0 Å². The smallest absolute Gasteiger partial charge is 0.411 e. The Kier molecular flexibility index (Phi) is 3.65. The third-order valence-electron chi connectivity index (χ3n) is 1.95. The lowest BCUT2D eigenvalue weighted by molar-refractivity contribution is -0.177. The summed E-state index contributed by atoms with van der Waals surface area (Å²) in [7, 11) is 0. The minimum atomic E-state index is -4.41. The van der Waals surface area contributed by atoms with Gasteiger partial charge in [0.15, 0.2) is 11.5 Å². The molecule has 2 aromatic rings. The molecule has 0 aliphatic carbocycles. The van der Waals surface area contributed by atoms with Gasteiger partial charge in [0, 0.05) is 6.20 Å². The maximum atomic E-state index is 11.8. The summed E-state index contributed by atoms with van der Waals surface area (Å²) in [5, 5.41) is 12.9. The van der Waals surface area contributed by atoms with Gasteiger partial charge < -0.3 is 14.4 Å². The van der Waals surface area contributed by atoms with Gasteiger partial charge in [-0.2, -0.15) is 18.2 Å².